The van der Waals surface area contributed by atoms with Gasteiger partial charge in [-0.3, -0.25) is 0 Å². The normalized spacial score (nSPS) is 23.8. The van der Waals surface area contributed by atoms with Crippen molar-refractivity contribution < 1.29 is 30.0 Å². The van der Waals surface area contributed by atoms with Crippen LogP contribution in [0.2, 0.25) is 0 Å². The first-order valence-electron chi connectivity index (χ1n) is 3.20. The number of carbonyl (C=O) groups excluding carboxylic acids is 1. The second-order valence-electron chi connectivity index (χ2n) is 2.31. The zero-order chi connectivity index (χ0) is 9.30. The molecule has 0 aromatic rings. The van der Waals surface area contributed by atoms with Crippen molar-refractivity contribution >= 4 is 33.3 Å². The van der Waals surface area contributed by atoms with Crippen molar-refractivity contribution in [2.75, 3.05) is 6.61 Å². The van der Waals surface area contributed by atoms with Crippen LogP contribution < -0.4 is 0 Å². The van der Waals surface area contributed by atoms with Crippen molar-refractivity contribution in [1.29, 1.82) is 0 Å². The summed E-state index contributed by atoms with van der Waals surface area (Å²) in [7, 11) is 0. The molecule has 72 valence electrons. The van der Waals surface area contributed by atoms with Crippen LogP contribution in [0.15, 0.2) is 11.5 Å². The number of carbonyl (C=O) groups is 1. The first-order chi connectivity index (χ1) is 5.57. The van der Waals surface area contributed by atoms with Gasteiger partial charge in [-0.2, -0.15) is 0 Å². The van der Waals surface area contributed by atoms with E-state index in [1.807, 2.05) is 0 Å². The van der Waals surface area contributed by atoms with E-state index in [1.165, 1.54) is 0 Å². The number of ether oxygens (including phenoxy) is 1. The zero-order valence-corrected chi connectivity index (χ0v) is 10.4. The summed E-state index contributed by atoms with van der Waals surface area (Å²) < 4.78 is 4.32. The molecule has 0 aromatic heterocycles. The minimum absolute atomic E-state index is 0. The Kier molecular flexibility index (Phi) is 4.64. The average Bonchev–Trinajstić information content (AvgIpc) is 2.32. The first-order valence-corrected chi connectivity index (χ1v) is 3.20. The molecule has 2 atom stereocenters. The van der Waals surface area contributed by atoms with Gasteiger partial charge in [0.2, 0.25) is 5.76 Å². The second kappa shape index (κ2) is 4.77. The molecule has 7 heteroatoms. The van der Waals surface area contributed by atoms with Gasteiger partial charge in [-0.15, -0.1) is 0 Å². The minimum atomic E-state index is -1.42. The summed E-state index contributed by atoms with van der Waals surface area (Å²) in [5.74, 6) is -2.78. The summed E-state index contributed by atoms with van der Waals surface area (Å²) in [6, 6.07) is 0. The number of rotatable bonds is 2. The summed E-state index contributed by atoms with van der Waals surface area (Å²) in [5.41, 5.74) is 0. The molecule has 0 saturated heterocycles. The van der Waals surface area contributed by atoms with Crippen molar-refractivity contribution in [1.82, 2.24) is 0 Å². The average molecular weight is 383 g/mol. The number of esters is 1. The molecule has 1 aliphatic rings. The number of cyclic esters (lactones) is 1. The fraction of sp³-hybridized carbons (Fsp3) is 0.500. The van der Waals surface area contributed by atoms with Crippen molar-refractivity contribution in [3.63, 3.8) is 0 Å². The maximum absolute atomic E-state index is 10.5. The van der Waals surface area contributed by atoms with Crippen LogP contribution in [0.4, 0.5) is 0 Å². The van der Waals surface area contributed by atoms with Crippen molar-refractivity contribution in [3.05, 3.63) is 11.5 Å². The Bertz CT molecular complexity index is 237. The van der Waals surface area contributed by atoms with E-state index < -0.39 is 36.3 Å². The minimum Gasteiger partial charge on any atom is -0.505 e. The van der Waals surface area contributed by atoms with Gasteiger partial charge in [0, 0.05) is 27.3 Å². The SMILES string of the molecule is O=C1O[C@H]([C@@H](O)CO)C(O)=C1O.[Pb]. The molecular weight excluding hydrogens is 375 g/mol. The van der Waals surface area contributed by atoms with Gasteiger partial charge in [-0.25, -0.2) is 4.79 Å². The van der Waals surface area contributed by atoms with E-state index in [0.29, 0.717) is 0 Å². The van der Waals surface area contributed by atoms with Gasteiger partial charge < -0.3 is 25.2 Å². The summed E-state index contributed by atoms with van der Waals surface area (Å²) in [4.78, 5) is 10.5. The van der Waals surface area contributed by atoms with Crippen LogP contribution in [0.1, 0.15) is 0 Å². The van der Waals surface area contributed by atoms with Gasteiger partial charge in [-0.1, -0.05) is 0 Å². The van der Waals surface area contributed by atoms with Gasteiger partial charge in [-0.05, 0) is 0 Å². The number of hydrogen-bond acceptors (Lipinski definition) is 6. The molecule has 0 unspecified atom stereocenters. The van der Waals surface area contributed by atoms with Crippen molar-refractivity contribution in [3.8, 4) is 0 Å². The van der Waals surface area contributed by atoms with Crippen molar-refractivity contribution in [2.45, 2.75) is 12.2 Å². The molecule has 1 heterocycles. The predicted octanol–water partition coefficient (Wildman–Crippen LogP) is -1.79. The summed E-state index contributed by atoms with van der Waals surface area (Å²) in [6.45, 7) is -0.671. The number of hydrogen-bond donors (Lipinski definition) is 4. The quantitative estimate of drug-likeness (QED) is 0.332. The summed E-state index contributed by atoms with van der Waals surface area (Å²) >= 11 is 0. The molecule has 0 spiro atoms. The Morgan fingerprint density at radius 1 is 1.46 bits per heavy atom. The fourth-order valence-electron chi connectivity index (χ4n) is 0.823. The van der Waals surface area contributed by atoms with E-state index in [1.54, 1.807) is 0 Å². The van der Waals surface area contributed by atoms with Crippen LogP contribution >= 0.6 is 0 Å². The topological polar surface area (TPSA) is 107 Å². The monoisotopic (exact) mass is 384 g/mol. The Labute approximate surface area is 93.6 Å². The Hall–Kier alpha value is -0.348. The maximum atomic E-state index is 10.5. The molecule has 13 heavy (non-hydrogen) atoms. The molecule has 0 aliphatic carbocycles. The zero-order valence-electron chi connectivity index (χ0n) is 6.47. The molecule has 6 nitrogen and oxygen atoms in total. The molecule has 0 saturated carbocycles. The molecule has 1 aliphatic heterocycles. The molecular formula is C6H8O6Pb. The van der Waals surface area contributed by atoms with E-state index in [2.05, 4.69) is 4.74 Å². The summed E-state index contributed by atoms with van der Waals surface area (Å²) in [6.07, 6.45) is -2.78. The number of aliphatic hydroxyl groups is 4. The third kappa shape index (κ3) is 2.32. The Morgan fingerprint density at radius 2 is 2.00 bits per heavy atom. The van der Waals surface area contributed by atoms with E-state index in [4.69, 9.17) is 20.4 Å². The summed E-state index contributed by atoms with van der Waals surface area (Å²) in [5, 5.41) is 35.0. The van der Waals surface area contributed by atoms with Crippen LogP contribution in [-0.4, -0.2) is 72.5 Å². The third-order valence-electron chi connectivity index (χ3n) is 1.48. The van der Waals surface area contributed by atoms with E-state index in [-0.39, 0.29) is 27.3 Å². The van der Waals surface area contributed by atoms with Crippen LogP contribution in [0, 0.1) is 0 Å². The fourth-order valence-corrected chi connectivity index (χ4v) is 0.823. The van der Waals surface area contributed by atoms with Gasteiger partial charge in [0.05, 0.1) is 6.61 Å². The molecule has 0 fully saturated rings. The molecule has 4 N–H and O–H groups in total. The standard InChI is InChI=1S/C6H8O6.Pb/c7-1-2(8)5-3(9)4(10)6(11)12-5;/h2,5,7-10H,1H2;/t2-,5+;/m0./s1. The van der Waals surface area contributed by atoms with Gasteiger partial charge in [0.1, 0.15) is 6.10 Å². The molecule has 4 radical (unpaired) electrons. The maximum Gasteiger partial charge on any atom is 0.377 e. The molecule has 0 amide bonds. The Morgan fingerprint density at radius 3 is 2.31 bits per heavy atom. The van der Waals surface area contributed by atoms with Crippen LogP contribution in [0.25, 0.3) is 0 Å². The van der Waals surface area contributed by atoms with Crippen molar-refractivity contribution in [2.24, 2.45) is 0 Å². The van der Waals surface area contributed by atoms with Gasteiger partial charge in [0.15, 0.2) is 11.9 Å². The van der Waals surface area contributed by atoms with Crippen LogP contribution in [0.3, 0.4) is 0 Å². The van der Waals surface area contributed by atoms with E-state index >= 15 is 0 Å². The second-order valence-corrected chi connectivity index (χ2v) is 2.31. The van der Waals surface area contributed by atoms with Crippen LogP contribution in [-0.2, 0) is 9.53 Å². The smallest absolute Gasteiger partial charge is 0.377 e. The van der Waals surface area contributed by atoms with E-state index in [0.717, 1.165) is 0 Å². The molecule has 0 bridgehead atoms. The third-order valence-corrected chi connectivity index (χ3v) is 1.48. The van der Waals surface area contributed by atoms with E-state index in [9.17, 15) is 4.79 Å². The predicted molar refractivity (Wildman–Crippen MR) is 41.0 cm³/mol. The number of aliphatic hydroxyl groups excluding tert-OH is 4. The Balaban J connectivity index is 0.00000144. The molecule has 1 rings (SSSR count). The van der Waals surface area contributed by atoms with Gasteiger partial charge >= 0.3 is 5.97 Å². The van der Waals surface area contributed by atoms with Crippen LogP contribution in [0.5, 0.6) is 0 Å². The van der Waals surface area contributed by atoms with Gasteiger partial charge in [0.25, 0.3) is 0 Å². The first kappa shape index (κ1) is 12.7. The molecule has 0 aromatic carbocycles. The largest absolute Gasteiger partial charge is 0.505 e.